The van der Waals surface area contributed by atoms with Gasteiger partial charge in [-0.25, -0.2) is 0 Å². The van der Waals surface area contributed by atoms with Gasteiger partial charge in [-0.15, -0.1) is 6.58 Å². The highest BCUT2D eigenvalue weighted by atomic mass is 16.2. The summed E-state index contributed by atoms with van der Waals surface area (Å²) < 4.78 is 0. The second-order valence-corrected chi connectivity index (χ2v) is 5.42. The van der Waals surface area contributed by atoms with E-state index < -0.39 is 0 Å². The summed E-state index contributed by atoms with van der Waals surface area (Å²) in [7, 11) is 0. The number of nitriles is 1. The summed E-state index contributed by atoms with van der Waals surface area (Å²) in [5.74, 6) is -0.205. The van der Waals surface area contributed by atoms with Gasteiger partial charge in [0.15, 0.2) is 0 Å². The molecule has 23 heavy (non-hydrogen) atoms. The Morgan fingerprint density at radius 3 is 2.57 bits per heavy atom. The zero-order valence-corrected chi connectivity index (χ0v) is 13.2. The monoisotopic (exact) mass is 310 g/mol. The largest absolute Gasteiger partial charge is 0.386 e. The van der Waals surface area contributed by atoms with E-state index in [0.29, 0.717) is 19.6 Å². The SMILES string of the molecule is C=CCN/C=C(/C#N)C(=O)N1CCN(Cc2ccccc2)CC1. The third-order valence-corrected chi connectivity index (χ3v) is 3.77. The minimum absolute atomic E-state index is 0.142. The third kappa shape index (κ3) is 4.97. The second kappa shape index (κ2) is 8.76. The first-order chi connectivity index (χ1) is 11.2. The summed E-state index contributed by atoms with van der Waals surface area (Å²) in [5.41, 5.74) is 1.42. The molecule has 1 aliphatic heterocycles. The van der Waals surface area contributed by atoms with Crippen LogP contribution in [-0.2, 0) is 11.3 Å². The molecule has 0 aliphatic carbocycles. The average Bonchev–Trinajstić information content (AvgIpc) is 2.60. The molecule has 0 aromatic heterocycles. The fourth-order valence-electron chi connectivity index (χ4n) is 2.51. The van der Waals surface area contributed by atoms with Gasteiger partial charge in [0.25, 0.3) is 5.91 Å². The van der Waals surface area contributed by atoms with E-state index in [1.165, 1.54) is 11.8 Å². The predicted molar refractivity (Wildman–Crippen MR) is 90.2 cm³/mol. The highest BCUT2D eigenvalue weighted by Crippen LogP contribution is 2.10. The summed E-state index contributed by atoms with van der Waals surface area (Å²) in [6.45, 7) is 7.94. The molecule has 0 saturated carbocycles. The molecule has 5 heteroatoms. The molecule has 1 saturated heterocycles. The highest BCUT2D eigenvalue weighted by Gasteiger charge is 2.23. The summed E-state index contributed by atoms with van der Waals surface area (Å²) in [4.78, 5) is 16.4. The van der Waals surface area contributed by atoms with Gasteiger partial charge < -0.3 is 10.2 Å². The molecule has 0 radical (unpaired) electrons. The lowest BCUT2D eigenvalue weighted by atomic mass is 10.2. The Labute approximate surface area is 137 Å². The quantitative estimate of drug-likeness (QED) is 0.374. The predicted octanol–water partition coefficient (Wildman–Crippen LogP) is 1.51. The number of hydrogen-bond donors (Lipinski definition) is 1. The van der Waals surface area contributed by atoms with E-state index in [4.69, 9.17) is 5.26 Å². The van der Waals surface area contributed by atoms with Crippen LogP contribution in [-0.4, -0.2) is 48.4 Å². The Balaban J connectivity index is 1.85. The van der Waals surface area contributed by atoms with Crippen molar-refractivity contribution in [1.82, 2.24) is 15.1 Å². The van der Waals surface area contributed by atoms with Crippen molar-refractivity contribution in [2.24, 2.45) is 0 Å². The first-order valence-electron chi connectivity index (χ1n) is 7.74. The van der Waals surface area contributed by atoms with Crippen molar-refractivity contribution < 1.29 is 4.79 Å². The molecule has 120 valence electrons. The van der Waals surface area contributed by atoms with Crippen molar-refractivity contribution >= 4 is 5.91 Å². The van der Waals surface area contributed by atoms with Gasteiger partial charge in [0.2, 0.25) is 0 Å². The molecule has 0 unspecified atom stereocenters. The Kier molecular flexibility index (Phi) is 6.40. The normalized spacial score (nSPS) is 15.8. The summed E-state index contributed by atoms with van der Waals surface area (Å²) >= 11 is 0. The molecule has 5 nitrogen and oxygen atoms in total. The second-order valence-electron chi connectivity index (χ2n) is 5.42. The van der Waals surface area contributed by atoms with Crippen molar-refractivity contribution in [2.45, 2.75) is 6.54 Å². The molecule has 0 atom stereocenters. The van der Waals surface area contributed by atoms with E-state index in [0.717, 1.165) is 19.6 Å². The molecule has 1 heterocycles. The van der Waals surface area contributed by atoms with Crippen molar-refractivity contribution in [1.29, 1.82) is 5.26 Å². The van der Waals surface area contributed by atoms with Gasteiger partial charge in [-0.2, -0.15) is 5.26 Å². The van der Waals surface area contributed by atoms with Crippen LogP contribution in [0.4, 0.5) is 0 Å². The molecule has 0 bridgehead atoms. The zero-order chi connectivity index (χ0) is 16.5. The standard InChI is InChI=1S/C18H22N4O/c1-2-8-20-14-17(13-19)18(23)22-11-9-21(10-12-22)15-16-6-4-3-5-7-16/h2-7,14,20H,1,8-12,15H2/b17-14-. The number of carbonyl (C=O) groups is 1. The number of rotatable bonds is 6. The van der Waals surface area contributed by atoms with Crippen LogP contribution in [0, 0.1) is 11.3 Å². The number of nitrogens with zero attached hydrogens (tertiary/aromatic N) is 3. The number of carbonyl (C=O) groups excluding carboxylic acids is 1. The fraction of sp³-hybridized carbons (Fsp3) is 0.333. The molecule has 1 aliphatic rings. The van der Waals surface area contributed by atoms with E-state index in [-0.39, 0.29) is 11.5 Å². The zero-order valence-electron chi connectivity index (χ0n) is 13.2. The van der Waals surface area contributed by atoms with Crippen LogP contribution in [0.1, 0.15) is 5.56 Å². The number of nitrogens with one attached hydrogen (secondary N) is 1. The van der Waals surface area contributed by atoms with Crippen LogP contribution < -0.4 is 5.32 Å². The maximum Gasteiger partial charge on any atom is 0.266 e. The number of hydrogen-bond acceptors (Lipinski definition) is 4. The molecule has 1 N–H and O–H groups in total. The Morgan fingerprint density at radius 2 is 1.96 bits per heavy atom. The topological polar surface area (TPSA) is 59.4 Å². The van der Waals surface area contributed by atoms with Crippen molar-refractivity contribution in [3.05, 3.63) is 60.3 Å². The lowest BCUT2D eigenvalue weighted by molar-refractivity contribution is -0.128. The third-order valence-electron chi connectivity index (χ3n) is 3.77. The Bertz CT molecular complexity index is 595. The number of amides is 1. The van der Waals surface area contributed by atoms with Crippen LogP contribution in [0.25, 0.3) is 0 Å². The van der Waals surface area contributed by atoms with E-state index >= 15 is 0 Å². The van der Waals surface area contributed by atoms with Gasteiger partial charge in [-0.3, -0.25) is 9.69 Å². The Hall–Kier alpha value is -2.58. The van der Waals surface area contributed by atoms with E-state index in [2.05, 4.69) is 28.9 Å². The van der Waals surface area contributed by atoms with Crippen molar-refractivity contribution in [3.8, 4) is 6.07 Å². The van der Waals surface area contributed by atoms with Gasteiger partial charge in [0.05, 0.1) is 0 Å². The maximum absolute atomic E-state index is 12.3. The first kappa shape index (κ1) is 16.8. The molecular formula is C18H22N4O. The molecule has 1 aromatic rings. The van der Waals surface area contributed by atoms with E-state index in [1.54, 1.807) is 11.0 Å². The van der Waals surface area contributed by atoms with Crippen molar-refractivity contribution in [3.63, 3.8) is 0 Å². The molecular weight excluding hydrogens is 288 g/mol. The summed E-state index contributed by atoms with van der Waals surface area (Å²) in [6.07, 6.45) is 3.15. The van der Waals surface area contributed by atoms with Gasteiger partial charge in [0.1, 0.15) is 11.6 Å². The molecule has 1 aromatic carbocycles. The number of benzene rings is 1. The molecule has 1 fully saturated rings. The smallest absolute Gasteiger partial charge is 0.266 e. The van der Waals surface area contributed by atoms with Crippen LogP contribution in [0.2, 0.25) is 0 Å². The lowest BCUT2D eigenvalue weighted by Gasteiger charge is -2.34. The van der Waals surface area contributed by atoms with Gasteiger partial charge in [-0.1, -0.05) is 36.4 Å². The highest BCUT2D eigenvalue weighted by molar-refractivity contribution is 5.97. The molecule has 1 amide bonds. The molecule has 0 spiro atoms. The summed E-state index contributed by atoms with van der Waals surface area (Å²) in [5, 5.41) is 12.0. The van der Waals surface area contributed by atoms with Crippen LogP contribution in [0.3, 0.4) is 0 Å². The fourth-order valence-corrected chi connectivity index (χ4v) is 2.51. The molecule has 2 rings (SSSR count). The van der Waals surface area contributed by atoms with Gasteiger partial charge >= 0.3 is 0 Å². The average molecular weight is 310 g/mol. The van der Waals surface area contributed by atoms with E-state index in [9.17, 15) is 4.79 Å². The van der Waals surface area contributed by atoms with Crippen molar-refractivity contribution in [2.75, 3.05) is 32.7 Å². The summed E-state index contributed by atoms with van der Waals surface area (Å²) in [6, 6.07) is 12.3. The minimum Gasteiger partial charge on any atom is -0.386 e. The van der Waals surface area contributed by atoms with Gasteiger partial charge in [0, 0.05) is 45.5 Å². The Morgan fingerprint density at radius 1 is 1.26 bits per heavy atom. The maximum atomic E-state index is 12.3. The first-order valence-corrected chi connectivity index (χ1v) is 7.74. The van der Waals surface area contributed by atoms with Crippen LogP contribution >= 0.6 is 0 Å². The van der Waals surface area contributed by atoms with E-state index in [1.807, 2.05) is 24.3 Å². The number of piperazine rings is 1. The van der Waals surface area contributed by atoms with Crippen LogP contribution in [0.5, 0.6) is 0 Å². The lowest BCUT2D eigenvalue weighted by Crippen LogP contribution is -2.48. The van der Waals surface area contributed by atoms with Crippen LogP contribution in [0.15, 0.2) is 54.8 Å². The van der Waals surface area contributed by atoms with Gasteiger partial charge in [-0.05, 0) is 5.56 Å². The minimum atomic E-state index is -0.205.